The highest BCUT2D eigenvalue weighted by atomic mass is 32.2. The van der Waals surface area contributed by atoms with Crippen LogP contribution in [0.1, 0.15) is 25.7 Å². The first-order valence-corrected chi connectivity index (χ1v) is 8.65. The lowest BCUT2D eigenvalue weighted by molar-refractivity contribution is -0.115. The maximum Gasteiger partial charge on any atom is 0.304 e. The third-order valence-corrected chi connectivity index (χ3v) is 5.80. The average molecular weight is 309 g/mol. The van der Waals surface area contributed by atoms with Crippen LogP contribution >= 0.6 is 0 Å². The SMILES string of the molecule is O=C1CN(S(=O)(=O)N2CCCCCC2)c2ccccc2N1. The quantitative estimate of drug-likeness (QED) is 0.901. The summed E-state index contributed by atoms with van der Waals surface area (Å²) >= 11 is 0. The zero-order valence-electron chi connectivity index (χ0n) is 11.8. The molecule has 1 saturated heterocycles. The number of amides is 1. The van der Waals surface area contributed by atoms with Gasteiger partial charge in [0.2, 0.25) is 5.91 Å². The van der Waals surface area contributed by atoms with E-state index in [1.165, 1.54) is 8.61 Å². The molecule has 0 radical (unpaired) electrons. The van der Waals surface area contributed by atoms with E-state index in [-0.39, 0.29) is 12.5 Å². The maximum absolute atomic E-state index is 12.9. The zero-order valence-corrected chi connectivity index (χ0v) is 12.6. The zero-order chi connectivity index (χ0) is 14.9. The highest BCUT2D eigenvalue weighted by Crippen LogP contribution is 2.32. The molecule has 2 heterocycles. The smallest absolute Gasteiger partial charge is 0.304 e. The standard InChI is InChI=1S/C14H19N3O3S/c18-14-11-17(13-8-4-3-7-12(13)15-14)21(19,20)16-9-5-1-2-6-10-16/h3-4,7-8H,1-2,5-6,9-11H2,(H,15,18). The van der Waals surface area contributed by atoms with Crippen molar-refractivity contribution in [2.24, 2.45) is 0 Å². The second-order valence-corrected chi connectivity index (χ2v) is 7.25. The van der Waals surface area contributed by atoms with Gasteiger partial charge in [0.05, 0.1) is 11.4 Å². The molecule has 0 aromatic heterocycles. The van der Waals surface area contributed by atoms with Crippen LogP contribution in [-0.2, 0) is 15.0 Å². The summed E-state index contributed by atoms with van der Waals surface area (Å²) in [7, 11) is -3.65. The van der Waals surface area contributed by atoms with Gasteiger partial charge in [-0.2, -0.15) is 12.7 Å². The normalized spacial score (nSPS) is 20.6. The molecule has 1 fully saturated rings. The molecule has 0 aliphatic carbocycles. The van der Waals surface area contributed by atoms with E-state index in [0.29, 0.717) is 24.5 Å². The Bertz CT molecular complexity index is 637. The summed E-state index contributed by atoms with van der Waals surface area (Å²) in [5, 5.41) is 2.71. The molecular formula is C14H19N3O3S. The second-order valence-electron chi connectivity index (χ2n) is 5.39. The molecule has 0 unspecified atom stereocenters. The predicted molar refractivity (Wildman–Crippen MR) is 81.4 cm³/mol. The number of nitrogens with one attached hydrogen (secondary N) is 1. The number of hydrogen-bond acceptors (Lipinski definition) is 3. The van der Waals surface area contributed by atoms with Crippen LogP contribution in [0.4, 0.5) is 11.4 Å². The molecule has 1 N–H and O–H groups in total. The number of fused-ring (bicyclic) bond motifs is 1. The van der Waals surface area contributed by atoms with Crippen molar-refractivity contribution in [1.82, 2.24) is 4.31 Å². The van der Waals surface area contributed by atoms with E-state index < -0.39 is 10.2 Å². The number of hydrogen-bond donors (Lipinski definition) is 1. The predicted octanol–water partition coefficient (Wildman–Crippen LogP) is 1.57. The van der Waals surface area contributed by atoms with E-state index in [0.717, 1.165) is 25.7 Å². The molecule has 0 bridgehead atoms. The van der Waals surface area contributed by atoms with Gasteiger partial charge in [0.25, 0.3) is 0 Å². The van der Waals surface area contributed by atoms with Crippen LogP contribution in [0.5, 0.6) is 0 Å². The first-order chi connectivity index (χ1) is 10.1. The van der Waals surface area contributed by atoms with Gasteiger partial charge in [0, 0.05) is 13.1 Å². The van der Waals surface area contributed by atoms with Gasteiger partial charge in [0.15, 0.2) is 0 Å². The van der Waals surface area contributed by atoms with Crippen molar-refractivity contribution in [2.45, 2.75) is 25.7 Å². The number of anilines is 2. The molecular weight excluding hydrogens is 290 g/mol. The summed E-state index contributed by atoms with van der Waals surface area (Å²) in [6, 6.07) is 7.00. The molecule has 2 aliphatic rings. The molecule has 1 aromatic rings. The third kappa shape index (κ3) is 2.75. The van der Waals surface area contributed by atoms with E-state index in [1.54, 1.807) is 24.3 Å². The Morgan fingerprint density at radius 2 is 1.67 bits per heavy atom. The summed E-state index contributed by atoms with van der Waals surface area (Å²) < 4.78 is 28.5. The monoisotopic (exact) mass is 309 g/mol. The molecule has 2 aliphatic heterocycles. The molecule has 0 atom stereocenters. The molecule has 0 spiro atoms. The fraction of sp³-hybridized carbons (Fsp3) is 0.500. The highest BCUT2D eigenvalue weighted by molar-refractivity contribution is 7.90. The molecule has 114 valence electrons. The van der Waals surface area contributed by atoms with Crippen LogP contribution < -0.4 is 9.62 Å². The third-order valence-electron chi connectivity index (χ3n) is 3.90. The number of carbonyl (C=O) groups excluding carboxylic acids is 1. The van der Waals surface area contributed by atoms with E-state index in [9.17, 15) is 13.2 Å². The molecule has 0 saturated carbocycles. The van der Waals surface area contributed by atoms with E-state index in [2.05, 4.69) is 5.32 Å². The average Bonchev–Trinajstić information content (AvgIpc) is 2.76. The van der Waals surface area contributed by atoms with Gasteiger partial charge in [-0.3, -0.25) is 4.79 Å². The number of benzene rings is 1. The lowest BCUT2D eigenvalue weighted by Crippen LogP contribution is -2.49. The van der Waals surface area contributed by atoms with Crippen LogP contribution in [0, 0.1) is 0 Å². The van der Waals surface area contributed by atoms with Crippen molar-refractivity contribution >= 4 is 27.5 Å². The molecule has 7 heteroatoms. The molecule has 1 aromatic carbocycles. The minimum atomic E-state index is -3.65. The van der Waals surface area contributed by atoms with Crippen molar-refractivity contribution in [3.63, 3.8) is 0 Å². The van der Waals surface area contributed by atoms with Crippen molar-refractivity contribution in [3.8, 4) is 0 Å². The topological polar surface area (TPSA) is 69.7 Å². The minimum Gasteiger partial charge on any atom is -0.323 e. The van der Waals surface area contributed by atoms with Gasteiger partial charge in [0.1, 0.15) is 6.54 Å². The molecule has 1 amide bonds. The van der Waals surface area contributed by atoms with Crippen molar-refractivity contribution < 1.29 is 13.2 Å². The van der Waals surface area contributed by atoms with E-state index in [4.69, 9.17) is 0 Å². The Balaban J connectivity index is 1.96. The Morgan fingerprint density at radius 3 is 2.38 bits per heavy atom. The Labute approximate surface area is 124 Å². The number of rotatable bonds is 2. The van der Waals surface area contributed by atoms with E-state index >= 15 is 0 Å². The summed E-state index contributed by atoms with van der Waals surface area (Å²) in [6.07, 6.45) is 3.87. The van der Waals surface area contributed by atoms with Crippen LogP contribution in [0.25, 0.3) is 0 Å². The summed E-state index contributed by atoms with van der Waals surface area (Å²) in [6.45, 7) is 0.904. The van der Waals surface area contributed by atoms with Crippen molar-refractivity contribution in [2.75, 3.05) is 29.3 Å². The first-order valence-electron chi connectivity index (χ1n) is 7.26. The maximum atomic E-state index is 12.9. The largest absolute Gasteiger partial charge is 0.323 e. The Morgan fingerprint density at radius 1 is 1.00 bits per heavy atom. The van der Waals surface area contributed by atoms with Crippen LogP contribution in [0.2, 0.25) is 0 Å². The van der Waals surface area contributed by atoms with Gasteiger partial charge in [-0.25, -0.2) is 4.31 Å². The number of carbonyl (C=O) groups is 1. The molecule has 3 rings (SSSR count). The van der Waals surface area contributed by atoms with Crippen LogP contribution in [-0.4, -0.2) is 38.3 Å². The minimum absolute atomic E-state index is 0.157. The van der Waals surface area contributed by atoms with Crippen molar-refractivity contribution in [1.29, 1.82) is 0 Å². The Hall–Kier alpha value is -1.60. The van der Waals surface area contributed by atoms with Gasteiger partial charge >= 0.3 is 10.2 Å². The summed E-state index contributed by atoms with van der Waals surface area (Å²) in [4.78, 5) is 11.8. The second kappa shape index (κ2) is 5.65. The first kappa shape index (κ1) is 14.3. The van der Waals surface area contributed by atoms with Gasteiger partial charge in [-0.1, -0.05) is 25.0 Å². The van der Waals surface area contributed by atoms with Crippen LogP contribution in [0.15, 0.2) is 24.3 Å². The summed E-state index contributed by atoms with van der Waals surface area (Å²) in [5.41, 5.74) is 1.09. The van der Waals surface area contributed by atoms with Gasteiger partial charge < -0.3 is 5.32 Å². The van der Waals surface area contributed by atoms with E-state index in [1.807, 2.05) is 0 Å². The fourth-order valence-electron chi connectivity index (χ4n) is 2.82. The highest BCUT2D eigenvalue weighted by Gasteiger charge is 2.35. The number of nitrogens with zero attached hydrogens (tertiary/aromatic N) is 2. The molecule has 21 heavy (non-hydrogen) atoms. The van der Waals surface area contributed by atoms with Crippen molar-refractivity contribution in [3.05, 3.63) is 24.3 Å². The fourth-order valence-corrected chi connectivity index (χ4v) is 4.51. The molecule has 6 nitrogen and oxygen atoms in total. The Kier molecular flexibility index (Phi) is 3.86. The van der Waals surface area contributed by atoms with Crippen LogP contribution in [0.3, 0.4) is 0 Å². The lowest BCUT2D eigenvalue weighted by atomic mass is 10.2. The number of para-hydroxylation sites is 2. The van der Waals surface area contributed by atoms with Gasteiger partial charge in [-0.05, 0) is 25.0 Å². The summed E-state index contributed by atoms with van der Waals surface area (Å²) in [5.74, 6) is -0.299. The van der Waals surface area contributed by atoms with Gasteiger partial charge in [-0.15, -0.1) is 0 Å². The lowest BCUT2D eigenvalue weighted by Gasteiger charge is -2.34.